The summed E-state index contributed by atoms with van der Waals surface area (Å²) in [7, 11) is 4.05. The molecule has 0 heterocycles. The molecule has 0 fully saturated rings. The number of hydrogen-bond acceptors (Lipinski definition) is 2. The largest absolute Gasteiger partial charge is 0.381 e. The molecule has 2 nitrogen and oxygen atoms in total. The third-order valence-electron chi connectivity index (χ3n) is 3.11. The number of nitrogens with one attached hydrogen (secondary N) is 1. The van der Waals surface area contributed by atoms with E-state index >= 15 is 0 Å². The van der Waals surface area contributed by atoms with Gasteiger partial charge in [-0.05, 0) is 48.4 Å². The molecule has 2 aromatic rings. The molecule has 2 rings (SSSR count). The second-order valence-corrected chi connectivity index (χ2v) is 5.94. The first-order valence-corrected chi connectivity index (χ1v) is 7.22. The van der Waals surface area contributed by atoms with Crippen LogP contribution in [0.5, 0.6) is 0 Å². The van der Waals surface area contributed by atoms with Gasteiger partial charge in [-0.3, -0.25) is 0 Å². The summed E-state index contributed by atoms with van der Waals surface area (Å²) in [6.07, 6.45) is 0. The van der Waals surface area contributed by atoms with Crippen LogP contribution in [0.25, 0.3) is 0 Å². The van der Waals surface area contributed by atoms with Gasteiger partial charge in [0.2, 0.25) is 0 Å². The van der Waals surface area contributed by atoms with Gasteiger partial charge < -0.3 is 10.2 Å². The van der Waals surface area contributed by atoms with Gasteiger partial charge >= 0.3 is 0 Å². The van der Waals surface area contributed by atoms with Gasteiger partial charge in [0.1, 0.15) is 5.82 Å². The maximum absolute atomic E-state index is 13.3. The van der Waals surface area contributed by atoms with Gasteiger partial charge in [0, 0.05) is 36.5 Å². The number of benzene rings is 2. The van der Waals surface area contributed by atoms with Crippen molar-refractivity contribution in [2.45, 2.75) is 13.5 Å². The van der Waals surface area contributed by atoms with E-state index in [-0.39, 0.29) is 5.82 Å². The molecule has 0 bridgehead atoms. The number of anilines is 2. The highest BCUT2D eigenvalue weighted by molar-refractivity contribution is 9.10. The second-order valence-electron chi connectivity index (χ2n) is 5.03. The lowest BCUT2D eigenvalue weighted by Gasteiger charge is -2.17. The summed E-state index contributed by atoms with van der Waals surface area (Å²) in [5, 5.41) is 3.32. The smallest absolute Gasteiger partial charge is 0.124 e. The highest BCUT2D eigenvalue weighted by Crippen LogP contribution is 2.23. The fourth-order valence-electron chi connectivity index (χ4n) is 2.12. The van der Waals surface area contributed by atoms with E-state index in [4.69, 9.17) is 0 Å². The monoisotopic (exact) mass is 336 g/mol. The predicted octanol–water partition coefficient (Wildman–Crippen LogP) is 4.57. The zero-order valence-electron chi connectivity index (χ0n) is 11.9. The standard InChI is InChI=1S/C16H18BrFN2/c1-11-4-5-15(9-16(11)20(2)3)19-10-12-6-13(17)8-14(18)7-12/h4-9,19H,10H2,1-3H3. The van der Waals surface area contributed by atoms with E-state index in [2.05, 4.69) is 45.2 Å². The van der Waals surface area contributed by atoms with Crippen molar-refractivity contribution >= 4 is 27.3 Å². The third-order valence-corrected chi connectivity index (χ3v) is 3.57. The highest BCUT2D eigenvalue weighted by atomic mass is 79.9. The molecule has 0 saturated heterocycles. The van der Waals surface area contributed by atoms with Gasteiger partial charge in [-0.25, -0.2) is 4.39 Å². The van der Waals surface area contributed by atoms with Gasteiger partial charge in [-0.15, -0.1) is 0 Å². The summed E-state index contributed by atoms with van der Waals surface area (Å²) < 4.78 is 14.1. The molecule has 0 atom stereocenters. The maximum Gasteiger partial charge on any atom is 0.124 e. The minimum absolute atomic E-state index is 0.228. The van der Waals surface area contributed by atoms with E-state index in [0.717, 1.165) is 15.7 Å². The molecule has 0 aromatic heterocycles. The molecule has 1 N–H and O–H groups in total. The summed E-state index contributed by atoms with van der Waals surface area (Å²) >= 11 is 3.30. The first kappa shape index (κ1) is 14.9. The van der Waals surface area contributed by atoms with Crippen LogP contribution in [-0.2, 0) is 6.54 Å². The minimum atomic E-state index is -0.228. The Balaban J connectivity index is 2.12. The Morgan fingerprint density at radius 3 is 2.55 bits per heavy atom. The van der Waals surface area contributed by atoms with Crippen molar-refractivity contribution in [1.29, 1.82) is 0 Å². The average molecular weight is 337 g/mol. The van der Waals surface area contributed by atoms with E-state index in [0.29, 0.717) is 6.54 Å². The van der Waals surface area contributed by atoms with Crippen LogP contribution in [-0.4, -0.2) is 14.1 Å². The molecule has 0 aliphatic heterocycles. The van der Waals surface area contributed by atoms with E-state index < -0.39 is 0 Å². The summed E-state index contributed by atoms with van der Waals surface area (Å²) in [5.74, 6) is -0.228. The number of aryl methyl sites for hydroxylation is 1. The molecule has 0 radical (unpaired) electrons. The lowest BCUT2D eigenvalue weighted by molar-refractivity contribution is 0.625. The number of hydrogen-bond donors (Lipinski definition) is 1. The Kier molecular flexibility index (Phi) is 4.65. The molecule has 20 heavy (non-hydrogen) atoms. The fraction of sp³-hybridized carbons (Fsp3) is 0.250. The van der Waals surface area contributed by atoms with E-state index in [9.17, 15) is 4.39 Å². The third kappa shape index (κ3) is 3.73. The van der Waals surface area contributed by atoms with Gasteiger partial charge in [-0.2, -0.15) is 0 Å². The molecule has 0 aliphatic rings. The predicted molar refractivity (Wildman–Crippen MR) is 86.9 cm³/mol. The Bertz CT molecular complexity index is 591. The number of rotatable bonds is 4. The van der Waals surface area contributed by atoms with Crippen LogP contribution in [0.1, 0.15) is 11.1 Å². The van der Waals surface area contributed by atoms with Gasteiger partial charge in [0.25, 0.3) is 0 Å². The minimum Gasteiger partial charge on any atom is -0.381 e. The van der Waals surface area contributed by atoms with Crippen LogP contribution >= 0.6 is 15.9 Å². The van der Waals surface area contributed by atoms with Crippen LogP contribution in [0.3, 0.4) is 0 Å². The molecule has 106 valence electrons. The summed E-state index contributed by atoms with van der Waals surface area (Å²) in [4.78, 5) is 2.08. The molecular formula is C16H18BrFN2. The van der Waals surface area contributed by atoms with Crippen molar-refractivity contribution in [2.24, 2.45) is 0 Å². The summed E-state index contributed by atoms with van der Waals surface area (Å²) in [6.45, 7) is 2.68. The van der Waals surface area contributed by atoms with Crippen molar-refractivity contribution in [3.05, 3.63) is 57.8 Å². The Morgan fingerprint density at radius 1 is 1.15 bits per heavy atom. The Morgan fingerprint density at radius 2 is 1.90 bits per heavy atom. The molecule has 0 spiro atoms. The van der Waals surface area contributed by atoms with E-state index in [1.807, 2.05) is 26.2 Å². The second kappa shape index (κ2) is 6.27. The van der Waals surface area contributed by atoms with Crippen molar-refractivity contribution < 1.29 is 4.39 Å². The number of halogens is 2. The molecular weight excluding hydrogens is 319 g/mol. The SMILES string of the molecule is Cc1ccc(NCc2cc(F)cc(Br)c2)cc1N(C)C. The fourth-order valence-corrected chi connectivity index (χ4v) is 2.63. The molecule has 0 aliphatic carbocycles. The lowest BCUT2D eigenvalue weighted by atomic mass is 10.1. The van der Waals surface area contributed by atoms with Crippen molar-refractivity contribution in [1.82, 2.24) is 0 Å². The van der Waals surface area contributed by atoms with Gasteiger partial charge in [0.15, 0.2) is 0 Å². The number of nitrogens with zero attached hydrogens (tertiary/aromatic N) is 1. The van der Waals surface area contributed by atoms with Crippen LogP contribution in [0, 0.1) is 12.7 Å². The van der Waals surface area contributed by atoms with Crippen LogP contribution in [0.4, 0.5) is 15.8 Å². The first-order chi connectivity index (χ1) is 9.45. The van der Waals surface area contributed by atoms with Gasteiger partial charge in [0.05, 0.1) is 0 Å². The molecule has 2 aromatic carbocycles. The maximum atomic E-state index is 13.3. The topological polar surface area (TPSA) is 15.3 Å². The van der Waals surface area contributed by atoms with E-state index in [1.165, 1.54) is 17.3 Å². The van der Waals surface area contributed by atoms with Crippen molar-refractivity contribution in [2.75, 3.05) is 24.3 Å². The highest BCUT2D eigenvalue weighted by Gasteiger charge is 2.03. The van der Waals surface area contributed by atoms with Crippen molar-refractivity contribution in [3.63, 3.8) is 0 Å². The normalized spacial score (nSPS) is 10.4. The zero-order chi connectivity index (χ0) is 14.7. The first-order valence-electron chi connectivity index (χ1n) is 6.42. The summed E-state index contributed by atoms with van der Waals surface area (Å²) in [6, 6.07) is 11.1. The Labute approximate surface area is 127 Å². The molecule has 0 unspecified atom stereocenters. The van der Waals surface area contributed by atoms with Crippen LogP contribution in [0.2, 0.25) is 0 Å². The molecule has 4 heteroatoms. The lowest BCUT2D eigenvalue weighted by Crippen LogP contribution is -2.11. The summed E-state index contributed by atoms with van der Waals surface area (Å²) in [5.41, 5.74) is 4.34. The van der Waals surface area contributed by atoms with E-state index in [1.54, 1.807) is 6.07 Å². The average Bonchev–Trinajstić information content (AvgIpc) is 2.36. The van der Waals surface area contributed by atoms with Crippen LogP contribution < -0.4 is 10.2 Å². The van der Waals surface area contributed by atoms with Gasteiger partial charge in [-0.1, -0.05) is 22.0 Å². The van der Waals surface area contributed by atoms with Crippen LogP contribution in [0.15, 0.2) is 40.9 Å². The molecule has 0 amide bonds. The quantitative estimate of drug-likeness (QED) is 0.879. The molecule has 0 saturated carbocycles. The van der Waals surface area contributed by atoms with Crippen molar-refractivity contribution in [3.8, 4) is 0 Å². The Hall–Kier alpha value is -1.55. The zero-order valence-corrected chi connectivity index (χ0v) is 13.5.